The second kappa shape index (κ2) is 10.4. The van der Waals surface area contributed by atoms with Crippen molar-refractivity contribution in [2.75, 3.05) is 16.9 Å². The van der Waals surface area contributed by atoms with Gasteiger partial charge >= 0.3 is 0 Å². The van der Waals surface area contributed by atoms with E-state index in [2.05, 4.69) is 15.9 Å². The second-order valence-corrected chi connectivity index (χ2v) is 13.8. The number of nitrogens with zero attached hydrogens (tertiary/aromatic N) is 2. The molecule has 0 radical (unpaired) electrons. The van der Waals surface area contributed by atoms with Crippen molar-refractivity contribution in [3.8, 4) is 11.5 Å². The van der Waals surface area contributed by atoms with Gasteiger partial charge in [0.25, 0.3) is 11.8 Å². The molecule has 2 saturated heterocycles. The third-order valence-electron chi connectivity index (χ3n) is 9.53. The molecule has 2 aliphatic heterocycles. The number of fused-ring (bicyclic) bond motifs is 4. The summed E-state index contributed by atoms with van der Waals surface area (Å²) >= 11 is 18.0. The number of methoxy groups -OCH3 is 1. The number of phenolic OH excluding ortho intramolecular Hbond substituents is 1. The van der Waals surface area contributed by atoms with Crippen LogP contribution in [0.1, 0.15) is 24.3 Å². The van der Waals surface area contributed by atoms with Crippen molar-refractivity contribution in [1.29, 1.82) is 0 Å². The SMILES string of the molecule is COc1ccc(C2C3=CCC4C(=O)N(c5ccc(Br)cc5)C(=O)C4C3CC3(Cl)C(=O)N(c4ccc(F)cc4)C(=O)C23Cl)c(O)c1. The van der Waals surface area contributed by atoms with E-state index < -0.39 is 57.0 Å². The van der Waals surface area contributed by atoms with Gasteiger partial charge in [0, 0.05) is 22.0 Å². The van der Waals surface area contributed by atoms with Crippen molar-refractivity contribution in [2.45, 2.75) is 28.5 Å². The lowest BCUT2D eigenvalue weighted by atomic mass is 9.56. The summed E-state index contributed by atoms with van der Waals surface area (Å²) in [7, 11) is 1.43. The average molecular weight is 714 g/mol. The first-order valence-corrected chi connectivity index (χ1v) is 15.7. The lowest BCUT2D eigenvalue weighted by molar-refractivity contribution is -0.125. The highest BCUT2D eigenvalue weighted by Crippen LogP contribution is 2.66. The van der Waals surface area contributed by atoms with Crippen LogP contribution in [0.4, 0.5) is 15.8 Å². The predicted octanol–water partition coefficient (Wildman–Crippen LogP) is 6.07. The van der Waals surface area contributed by atoms with Crippen LogP contribution >= 0.6 is 39.1 Å². The smallest absolute Gasteiger partial charge is 0.258 e. The van der Waals surface area contributed by atoms with Crippen molar-refractivity contribution < 1.29 is 33.4 Å². The van der Waals surface area contributed by atoms with Crippen molar-refractivity contribution >= 4 is 74.1 Å². The minimum absolute atomic E-state index is 0.0712. The van der Waals surface area contributed by atoms with Gasteiger partial charge in [0.05, 0.1) is 30.3 Å². The van der Waals surface area contributed by atoms with Crippen LogP contribution in [-0.2, 0) is 19.2 Å². The highest BCUT2D eigenvalue weighted by molar-refractivity contribution is 9.10. The summed E-state index contributed by atoms with van der Waals surface area (Å²) in [5, 5.41) is 11.3. The first-order chi connectivity index (χ1) is 21.4. The van der Waals surface area contributed by atoms with Gasteiger partial charge in [-0.3, -0.25) is 24.1 Å². The zero-order valence-corrected chi connectivity index (χ0v) is 26.6. The molecule has 4 aliphatic rings. The largest absolute Gasteiger partial charge is 0.508 e. The van der Waals surface area contributed by atoms with E-state index >= 15 is 0 Å². The molecule has 0 bridgehead atoms. The minimum atomic E-state index is -2.15. The molecule has 2 aliphatic carbocycles. The molecule has 0 spiro atoms. The first kappa shape index (κ1) is 30.0. The van der Waals surface area contributed by atoms with Gasteiger partial charge in [-0.25, -0.2) is 9.29 Å². The number of halogens is 4. The summed E-state index contributed by atoms with van der Waals surface area (Å²) in [4.78, 5) is 54.3. The van der Waals surface area contributed by atoms with Crippen LogP contribution in [0.3, 0.4) is 0 Å². The predicted molar refractivity (Wildman–Crippen MR) is 168 cm³/mol. The maximum atomic E-state index is 14.4. The molecular weight excluding hydrogens is 690 g/mol. The number of carbonyl (C=O) groups is 4. The third-order valence-corrected chi connectivity index (χ3v) is 11.5. The fourth-order valence-electron chi connectivity index (χ4n) is 7.48. The molecule has 8 nitrogen and oxygen atoms in total. The van der Waals surface area contributed by atoms with Crippen LogP contribution in [0.15, 0.2) is 82.9 Å². The number of aromatic hydroxyl groups is 1. The van der Waals surface area contributed by atoms with Crippen LogP contribution in [0.2, 0.25) is 0 Å². The van der Waals surface area contributed by atoms with E-state index in [4.69, 9.17) is 27.9 Å². The molecule has 1 N–H and O–H groups in total. The molecule has 2 heterocycles. The average Bonchev–Trinajstić information content (AvgIpc) is 3.36. The molecule has 6 unspecified atom stereocenters. The van der Waals surface area contributed by atoms with Crippen molar-refractivity contribution in [2.24, 2.45) is 17.8 Å². The Morgan fingerprint density at radius 1 is 0.889 bits per heavy atom. The maximum absolute atomic E-state index is 14.4. The van der Waals surface area contributed by atoms with Gasteiger partial charge in [-0.05, 0) is 73.4 Å². The zero-order valence-electron chi connectivity index (χ0n) is 23.5. The third kappa shape index (κ3) is 4.08. The number of hydrogen-bond acceptors (Lipinski definition) is 6. The van der Waals surface area contributed by atoms with Crippen molar-refractivity contribution in [3.05, 3.63) is 94.2 Å². The van der Waals surface area contributed by atoms with E-state index in [9.17, 15) is 28.7 Å². The summed E-state index contributed by atoms with van der Waals surface area (Å²) in [5.41, 5.74) is 1.21. The number of hydrogen-bond donors (Lipinski definition) is 1. The van der Waals surface area contributed by atoms with Gasteiger partial charge in [0.1, 0.15) is 17.3 Å². The van der Waals surface area contributed by atoms with Gasteiger partial charge in [-0.2, -0.15) is 0 Å². The van der Waals surface area contributed by atoms with E-state index in [1.54, 1.807) is 42.5 Å². The normalized spacial score (nSPS) is 30.6. The molecule has 3 aromatic rings. The fourth-order valence-corrected chi connectivity index (χ4v) is 8.67. The monoisotopic (exact) mass is 712 g/mol. The quantitative estimate of drug-likeness (QED) is 0.200. The van der Waals surface area contributed by atoms with Gasteiger partial charge in [0.2, 0.25) is 11.8 Å². The zero-order chi connectivity index (χ0) is 32.0. The van der Waals surface area contributed by atoms with Gasteiger partial charge < -0.3 is 9.84 Å². The Labute approximate surface area is 275 Å². The number of anilines is 2. The summed E-state index contributed by atoms with van der Waals surface area (Å²) in [6.07, 6.45) is 1.73. The minimum Gasteiger partial charge on any atom is -0.508 e. The number of imide groups is 2. The van der Waals surface area contributed by atoms with E-state index in [0.29, 0.717) is 17.0 Å². The molecule has 45 heavy (non-hydrogen) atoms. The highest BCUT2D eigenvalue weighted by atomic mass is 79.9. The van der Waals surface area contributed by atoms with Crippen LogP contribution in [0, 0.1) is 23.6 Å². The molecule has 1 saturated carbocycles. The summed E-state index contributed by atoms with van der Waals surface area (Å²) in [5.74, 6) is -6.57. The molecule has 3 aromatic carbocycles. The van der Waals surface area contributed by atoms with Crippen LogP contribution in [-0.4, -0.2) is 45.6 Å². The number of amides is 4. The molecule has 3 fully saturated rings. The number of allylic oxidation sites excluding steroid dienone is 2. The molecular formula is C33H24BrCl2FN2O6. The number of phenols is 1. The van der Waals surface area contributed by atoms with Crippen LogP contribution in [0.5, 0.6) is 11.5 Å². The molecule has 12 heteroatoms. The van der Waals surface area contributed by atoms with Crippen molar-refractivity contribution in [3.63, 3.8) is 0 Å². The van der Waals surface area contributed by atoms with Crippen molar-refractivity contribution in [1.82, 2.24) is 0 Å². The van der Waals surface area contributed by atoms with Gasteiger partial charge in [-0.1, -0.05) is 33.6 Å². The number of alkyl halides is 2. The number of carbonyl (C=O) groups excluding carboxylic acids is 4. The topological polar surface area (TPSA) is 104 Å². The Kier molecular flexibility index (Phi) is 6.92. The lowest BCUT2D eigenvalue weighted by Gasteiger charge is -2.50. The summed E-state index contributed by atoms with van der Waals surface area (Å²) in [6.45, 7) is 0. The Bertz CT molecular complexity index is 1840. The Hall–Kier alpha value is -3.73. The number of benzene rings is 3. The Morgan fingerprint density at radius 2 is 1.53 bits per heavy atom. The van der Waals surface area contributed by atoms with E-state index in [-0.39, 0.29) is 35.7 Å². The summed E-state index contributed by atoms with van der Waals surface area (Å²) < 4.78 is 19.9. The first-order valence-electron chi connectivity index (χ1n) is 14.1. The lowest BCUT2D eigenvalue weighted by Crippen LogP contribution is -2.60. The standard InChI is InChI=1S/C33H24BrCl2FN2O6/c1-45-20-10-11-22(25(40)14-20)27-21-12-13-23-26(29(42)38(28(23)41)18-6-2-16(34)3-7-18)24(21)15-32(35)30(43)39(31(44)33(27,32)36)19-8-4-17(37)5-9-19/h2-12,14,23-24,26-27,40H,13,15H2,1H3. The van der Waals surface area contributed by atoms with Crippen LogP contribution < -0.4 is 14.5 Å². The number of ether oxygens (including phenoxy) is 1. The number of rotatable bonds is 4. The molecule has 4 amide bonds. The Morgan fingerprint density at radius 3 is 2.18 bits per heavy atom. The fraction of sp³-hybridized carbons (Fsp3) is 0.273. The highest BCUT2D eigenvalue weighted by Gasteiger charge is 2.77. The van der Waals surface area contributed by atoms with Gasteiger partial charge in [0.15, 0.2) is 9.75 Å². The Balaban J connectivity index is 1.40. The molecule has 7 rings (SSSR count). The van der Waals surface area contributed by atoms with Gasteiger partial charge in [-0.15, -0.1) is 23.2 Å². The van der Waals surface area contributed by atoms with E-state index in [1.165, 1.54) is 25.3 Å². The summed E-state index contributed by atoms with van der Waals surface area (Å²) in [6, 6.07) is 16.1. The molecule has 0 aromatic heterocycles. The molecule has 230 valence electrons. The van der Waals surface area contributed by atoms with E-state index in [1.807, 2.05) is 0 Å². The van der Waals surface area contributed by atoms with Crippen LogP contribution in [0.25, 0.3) is 0 Å². The van der Waals surface area contributed by atoms with E-state index in [0.717, 1.165) is 26.4 Å². The molecule has 6 atom stereocenters. The maximum Gasteiger partial charge on any atom is 0.258 e. The second-order valence-electron chi connectivity index (χ2n) is 11.7.